The third kappa shape index (κ3) is 5.27. The second-order valence-electron chi connectivity index (χ2n) is 4.90. The molecule has 2 rings (SSSR count). The Morgan fingerprint density at radius 1 is 1.13 bits per heavy atom. The molecular formula is C17H15Cl2NO3. The zero-order valence-electron chi connectivity index (χ0n) is 12.4. The number of hydrogen-bond donors (Lipinski definition) is 1. The molecule has 2 aromatic carbocycles. The molecule has 0 fully saturated rings. The molecule has 0 spiro atoms. The van der Waals surface area contributed by atoms with Crippen LogP contribution in [0.2, 0.25) is 10.0 Å². The van der Waals surface area contributed by atoms with Crippen LogP contribution in [-0.4, -0.2) is 18.0 Å². The van der Waals surface area contributed by atoms with E-state index < -0.39 is 18.0 Å². The number of carbonyl (C=O) groups excluding carboxylic acids is 2. The number of amides is 1. The number of rotatable bonds is 5. The lowest BCUT2D eigenvalue weighted by Crippen LogP contribution is -2.30. The first-order chi connectivity index (χ1) is 11.0. The van der Waals surface area contributed by atoms with E-state index in [1.807, 2.05) is 0 Å². The van der Waals surface area contributed by atoms with Gasteiger partial charge in [-0.25, -0.2) is 0 Å². The molecule has 0 unspecified atom stereocenters. The van der Waals surface area contributed by atoms with Crippen molar-refractivity contribution in [2.75, 3.05) is 5.32 Å². The first-order valence-corrected chi connectivity index (χ1v) is 7.70. The Balaban J connectivity index is 1.90. The summed E-state index contributed by atoms with van der Waals surface area (Å²) >= 11 is 11.8. The van der Waals surface area contributed by atoms with Gasteiger partial charge in [-0.1, -0.05) is 47.5 Å². The molecule has 6 heteroatoms. The summed E-state index contributed by atoms with van der Waals surface area (Å²) in [5.41, 5.74) is 1.19. The smallest absolute Gasteiger partial charge is 0.311 e. The number of anilines is 1. The van der Waals surface area contributed by atoms with Crippen molar-refractivity contribution in [2.45, 2.75) is 19.4 Å². The van der Waals surface area contributed by atoms with E-state index in [2.05, 4.69) is 5.32 Å². The number of ether oxygens (including phenoxy) is 1. The van der Waals surface area contributed by atoms with Gasteiger partial charge in [0, 0.05) is 15.7 Å². The van der Waals surface area contributed by atoms with E-state index in [9.17, 15) is 9.59 Å². The van der Waals surface area contributed by atoms with Gasteiger partial charge >= 0.3 is 5.97 Å². The quantitative estimate of drug-likeness (QED) is 0.824. The third-order valence-electron chi connectivity index (χ3n) is 3.06. The van der Waals surface area contributed by atoms with Crippen LogP contribution in [0.1, 0.15) is 12.5 Å². The Morgan fingerprint density at radius 2 is 1.87 bits per heavy atom. The predicted octanol–water partition coefficient (Wildman–Crippen LogP) is 4.11. The van der Waals surface area contributed by atoms with E-state index in [1.165, 1.54) is 6.92 Å². The van der Waals surface area contributed by atoms with Gasteiger partial charge in [0.2, 0.25) is 0 Å². The van der Waals surface area contributed by atoms with Crippen molar-refractivity contribution in [1.82, 2.24) is 0 Å². The summed E-state index contributed by atoms with van der Waals surface area (Å²) in [6.07, 6.45) is -0.918. The summed E-state index contributed by atoms with van der Waals surface area (Å²) in [6, 6.07) is 13.7. The Bertz CT molecular complexity index is 718. The fourth-order valence-electron chi connectivity index (χ4n) is 1.90. The van der Waals surface area contributed by atoms with Gasteiger partial charge in [-0.2, -0.15) is 0 Å². The molecule has 1 atom stereocenters. The van der Waals surface area contributed by atoms with Gasteiger partial charge in [-0.3, -0.25) is 9.59 Å². The largest absolute Gasteiger partial charge is 0.452 e. The number of carbonyl (C=O) groups is 2. The van der Waals surface area contributed by atoms with Crippen LogP contribution >= 0.6 is 23.2 Å². The minimum atomic E-state index is -0.927. The highest BCUT2D eigenvalue weighted by Crippen LogP contribution is 2.17. The number of esters is 1. The average Bonchev–Trinajstić information content (AvgIpc) is 2.49. The Labute approximate surface area is 144 Å². The molecule has 0 aliphatic rings. The van der Waals surface area contributed by atoms with Crippen LogP contribution in [0.4, 0.5) is 5.69 Å². The van der Waals surface area contributed by atoms with Crippen molar-refractivity contribution in [2.24, 2.45) is 0 Å². The molecule has 0 saturated carbocycles. The molecule has 23 heavy (non-hydrogen) atoms. The van der Waals surface area contributed by atoms with Crippen molar-refractivity contribution in [3.05, 3.63) is 64.1 Å². The highest BCUT2D eigenvalue weighted by molar-refractivity contribution is 6.31. The first-order valence-electron chi connectivity index (χ1n) is 6.95. The Morgan fingerprint density at radius 3 is 2.57 bits per heavy atom. The van der Waals surface area contributed by atoms with Crippen molar-refractivity contribution in [3.63, 3.8) is 0 Å². The van der Waals surface area contributed by atoms with Gasteiger partial charge in [0.15, 0.2) is 6.10 Å². The van der Waals surface area contributed by atoms with Crippen LogP contribution in [-0.2, 0) is 20.7 Å². The topological polar surface area (TPSA) is 55.4 Å². The van der Waals surface area contributed by atoms with E-state index in [0.717, 1.165) is 0 Å². The van der Waals surface area contributed by atoms with Gasteiger partial charge in [0.05, 0.1) is 6.42 Å². The fourth-order valence-corrected chi connectivity index (χ4v) is 2.29. The van der Waals surface area contributed by atoms with E-state index in [-0.39, 0.29) is 6.42 Å². The molecule has 2 aromatic rings. The molecule has 4 nitrogen and oxygen atoms in total. The molecule has 120 valence electrons. The lowest BCUT2D eigenvalue weighted by molar-refractivity contribution is -0.152. The normalized spacial score (nSPS) is 11.6. The molecule has 0 aliphatic carbocycles. The third-order valence-corrected chi connectivity index (χ3v) is 3.67. The second kappa shape index (κ2) is 7.99. The lowest BCUT2D eigenvalue weighted by atomic mass is 10.1. The number of hydrogen-bond acceptors (Lipinski definition) is 3. The maximum absolute atomic E-state index is 12.0. The van der Waals surface area contributed by atoms with Gasteiger partial charge < -0.3 is 10.1 Å². The van der Waals surface area contributed by atoms with Crippen molar-refractivity contribution in [3.8, 4) is 0 Å². The summed E-state index contributed by atoms with van der Waals surface area (Å²) in [5, 5.41) is 3.63. The first kappa shape index (κ1) is 17.3. The summed E-state index contributed by atoms with van der Waals surface area (Å²) in [4.78, 5) is 23.9. The monoisotopic (exact) mass is 351 g/mol. The molecule has 0 aromatic heterocycles. The molecule has 1 N–H and O–H groups in total. The number of benzene rings is 2. The highest BCUT2D eigenvalue weighted by atomic mass is 35.5. The van der Waals surface area contributed by atoms with Crippen LogP contribution < -0.4 is 5.32 Å². The molecule has 0 radical (unpaired) electrons. The maximum Gasteiger partial charge on any atom is 0.311 e. The molecule has 0 aliphatic heterocycles. The maximum atomic E-state index is 12.0. The van der Waals surface area contributed by atoms with Gasteiger partial charge in [0.25, 0.3) is 5.91 Å². The van der Waals surface area contributed by atoms with E-state index in [4.69, 9.17) is 27.9 Å². The van der Waals surface area contributed by atoms with Crippen molar-refractivity contribution < 1.29 is 14.3 Å². The standard InChI is InChI=1S/C17H15Cl2NO3/c1-11(17(22)20-14-7-4-6-13(18)10-14)23-16(21)9-12-5-2-3-8-15(12)19/h2-8,10-11H,9H2,1H3,(H,20,22)/t11-/m0/s1. The van der Waals surface area contributed by atoms with Crippen molar-refractivity contribution >= 4 is 40.8 Å². The zero-order valence-corrected chi connectivity index (χ0v) is 13.9. The minimum absolute atomic E-state index is 0.00839. The Hall–Kier alpha value is -2.04. The predicted molar refractivity (Wildman–Crippen MR) is 90.8 cm³/mol. The minimum Gasteiger partial charge on any atom is -0.452 e. The SMILES string of the molecule is C[C@H](OC(=O)Cc1ccccc1Cl)C(=O)Nc1cccc(Cl)c1. The molecule has 0 bridgehead atoms. The molecule has 0 saturated heterocycles. The lowest BCUT2D eigenvalue weighted by Gasteiger charge is -2.14. The van der Waals surface area contributed by atoms with E-state index in [1.54, 1.807) is 48.5 Å². The molecule has 0 heterocycles. The van der Waals surface area contributed by atoms with Crippen molar-refractivity contribution in [1.29, 1.82) is 0 Å². The molecule has 1 amide bonds. The van der Waals surface area contributed by atoms with Crippen LogP contribution in [0.3, 0.4) is 0 Å². The van der Waals surface area contributed by atoms with Gasteiger partial charge in [-0.15, -0.1) is 0 Å². The zero-order chi connectivity index (χ0) is 16.8. The van der Waals surface area contributed by atoms with Crippen LogP contribution in [0, 0.1) is 0 Å². The summed E-state index contributed by atoms with van der Waals surface area (Å²) in [5.74, 6) is -0.952. The Kier molecular flexibility index (Phi) is 6.02. The van der Waals surface area contributed by atoms with Crippen LogP contribution in [0.5, 0.6) is 0 Å². The van der Waals surface area contributed by atoms with Gasteiger partial charge in [-0.05, 0) is 36.8 Å². The fraction of sp³-hybridized carbons (Fsp3) is 0.176. The van der Waals surface area contributed by atoms with Crippen LogP contribution in [0.25, 0.3) is 0 Å². The summed E-state index contributed by atoms with van der Waals surface area (Å²) in [7, 11) is 0. The number of nitrogens with one attached hydrogen (secondary N) is 1. The highest BCUT2D eigenvalue weighted by Gasteiger charge is 2.18. The van der Waals surface area contributed by atoms with E-state index in [0.29, 0.717) is 21.3 Å². The van der Waals surface area contributed by atoms with Gasteiger partial charge in [0.1, 0.15) is 0 Å². The average molecular weight is 352 g/mol. The summed E-state index contributed by atoms with van der Waals surface area (Å²) < 4.78 is 5.13. The van der Waals surface area contributed by atoms with Crippen LogP contribution in [0.15, 0.2) is 48.5 Å². The molecular weight excluding hydrogens is 337 g/mol. The second-order valence-corrected chi connectivity index (χ2v) is 5.74. The van der Waals surface area contributed by atoms with E-state index >= 15 is 0 Å². The number of halogens is 2. The summed E-state index contributed by atoms with van der Waals surface area (Å²) in [6.45, 7) is 1.50.